The topological polar surface area (TPSA) is 57.8 Å². The summed E-state index contributed by atoms with van der Waals surface area (Å²) in [4.78, 5) is 19.1. The summed E-state index contributed by atoms with van der Waals surface area (Å²) >= 11 is 1.46. The van der Waals surface area contributed by atoms with Crippen LogP contribution in [0.3, 0.4) is 0 Å². The molecule has 1 aromatic heterocycles. The summed E-state index contributed by atoms with van der Waals surface area (Å²) in [5.41, 5.74) is 1.16. The van der Waals surface area contributed by atoms with Crippen LogP contribution >= 0.6 is 11.8 Å². The molecule has 0 spiro atoms. The lowest BCUT2D eigenvalue weighted by atomic mass is 10.2. The second-order valence-electron chi connectivity index (χ2n) is 4.64. The number of hydrogen-bond acceptors (Lipinski definition) is 4. The molecule has 1 aliphatic rings. The summed E-state index contributed by atoms with van der Waals surface area (Å²) in [6.07, 6.45) is 4.14. The van der Waals surface area contributed by atoms with E-state index in [1.165, 1.54) is 42.4 Å². The van der Waals surface area contributed by atoms with Gasteiger partial charge in [0, 0.05) is 29.7 Å². The summed E-state index contributed by atoms with van der Waals surface area (Å²) in [5.74, 6) is 0. The van der Waals surface area contributed by atoms with Gasteiger partial charge < -0.3 is 10.3 Å². The van der Waals surface area contributed by atoms with Crippen LogP contribution in [0.2, 0.25) is 0 Å². The minimum Gasteiger partial charge on any atom is -0.310 e. The molecule has 2 N–H and O–H groups in total. The first-order chi connectivity index (χ1) is 9.29. The van der Waals surface area contributed by atoms with Gasteiger partial charge in [-0.3, -0.25) is 4.79 Å². The first-order valence-electron chi connectivity index (χ1n) is 6.35. The number of nitrogens with zero attached hydrogens (tertiary/aromatic N) is 1. The van der Waals surface area contributed by atoms with Crippen LogP contribution in [0, 0.1) is 0 Å². The molecule has 1 saturated carbocycles. The molecule has 3 rings (SSSR count). The molecule has 1 aliphatic carbocycles. The zero-order chi connectivity index (χ0) is 13.1. The lowest BCUT2D eigenvalue weighted by Crippen LogP contribution is -2.14. The number of rotatable bonds is 5. The van der Waals surface area contributed by atoms with E-state index < -0.39 is 0 Å². The molecule has 19 heavy (non-hydrogen) atoms. The zero-order valence-corrected chi connectivity index (χ0v) is 11.2. The molecule has 0 radical (unpaired) electrons. The van der Waals surface area contributed by atoms with E-state index in [0.717, 1.165) is 17.5 Å². The predicted molar refractivity (Wildman–Crippen MR) is 75.3 cm³/mol. The summed E-state index contributed by atoms with van der Waals surface area (Å²) in [5, 5.41) is 4.10. The number of nitrogens with one attached hydrogen (secondary N) is 2. The van der Waals surface area contributed by atoms with Crippen molar-refractivity contribution in [3.8, 4) is 0 Å². The fraction of sp³-hybridized carbons (Fsp3) is 0.286. The van der Waals surface area contributed by atoms with Crippen LogP contribution in [0.4, 0.5) is 0 Å². The van der Waals surface area contributed by atoms with E-state index in [-0.39, 0.29) is 5.56 Å². The standard InChI is InChI=1S/C14H15N3OS/c18-13-7-8-15-14(17-13)19-12-5-1-10(2-6-12)9-16-11-3-4-11/h1-2,5-8,11,16H,3-4,9H2,(H,15,17,18). The quantitative estimate of drug-likeness (QED) is 0.820. The van der Waals surface area contributed by atoms with Crippen molar-refractivity contribution in [3.63, 3.8) is 0 Å². The molecule has 0 atom stereocenters. The Morgan fingerprint density at radius 2 is 2.05 bits per heavy atom. The summed E-state index contributed by atoms with van der Waals surface area (Å²) < 4.78 is 0. The maximum Gasteiger partial charge on any atom is 0.251 e. The summed E-state index contributed by atoms with van der Waals surface area (Å²) in [7, 11) is 0. The first kappa shape index (κ1) is 12.4. The molecule has 2 aromatic rings. The predicted octanol–water partition coefficient (Wildman–Crippen LogP) is 2.17. The number of hydrogen-bond donors (Lipinski definition) is 2. The summed E-state index contributed by atoms with van der Waals surface area (Å²) in [6, 6.07) is 10.5. The van der Waals surface area contributed by atoms with Gasteiger partial charge in [0.05, 0.1) is 0 Å². The second kappa shape index (κ2) is 5.59. The Morgan fingerprint density at radius 3 is 2.74 bits per heavy atom. The van der Waals surface area contributed by atoms with Crippen LogP contribution in [-0.4, -0.2) is 16.0 Å². The molecule has 0 bridgehead atoms. The van der Waals surface area contributed by atoms with Gasteiger partial charge in [0.15, 0.2) is 5.16 Å². The monoisotopic (exact) mass is 273 g/mol. The SMILES string of the molecule is O=c1ccnc(Sc2ccc(CNC3CC3)cc2)[nH]1. The van der Waals surface area contributed by atoms with Crippen molar-refractivity contribution >= 4 is 11.8 Å². The molecule has 4 nitrogen and oxygen atoms in total. The van der Waals surface area contributed by atoms with Gasteiger partial charge in [-0.05, 0) is 30.5 Å². The minimum absolute atomic E-state index is 0.122. The Morgan fingerprint density at radius 1 is 1.26 bits per heavy atom. The zero-order valence-electron chi connectivity index (χ0n) is 10.4. The molecule has 1 heterocycles. The Labute approximate surface area is 115 Å². The molecular weight excluding hydrogens is 258 g/mol. The third-order valence-electron chi connectivity index (χ3n) is 2.96. The average Bonchev–Trinajstić information content (AvgIpc) is 3.22. The number of benzene rings is 1. The number of aromatic nitrogens is 2. The highest BCUT2D eigenvalue weighted by Crippen LogP contribution is 2.24. The van der Waals surface area contributed by atoms with Gasteiger partial charge in [0.2, 0.25) is 0 Å². The fourth-order valence-corrected chi connectivity index (χ4v) is 2.50. The highest BCUT2D eigenvalue weighted by atomic mass is 32.2. The van der Waals surface area contributed by atoms with E-state index in [1.54, 1.807) is 0 Å². The van der Waals surface area contributed by atoms with E-state index >= 15 is 0 Å². The molecular formula is C14H15N3OS. The molecule has 0 aliphatic heterocycles. The van der Waals surface area contributed by atoms with Gasteiger partial charge in [-0.1, -0.05) is 23.9 Å². The van der Waals surface area contributed by atoms with Gasteiger partial charge in [0.25, 0.3) is 5.56 Å². The van der Waals surface area contributed by atoms with Crippen LogP contribution in [0.1, 0.15) is 18.4 Å². The van der Waals surface area contributed by atoms with E-state index in [4.69, 9.17) is 0 Å². The lowest BCUT2D eigenvalue weighted by molar-refractivity contribution is 0.687. The normalized spacial score (nSPS) is 14.5. The lowest BCUT2D eigenvalue weighted by Gasteiger charge is -2.04. The second-order valence-corrected chi connectivity index (χ2v) is 5.70. The van der Waals surface area contributed by atoms with Crippen molar-refractivity contribution < 1.29 is 0 Å². The van der Waals surface area contributed by atoms with E-state index in [1.807, 2.05) is 0 Å². The maximum atomic E-state index is 11.2. The minimum atomic E-state index is -0.122. The van der Waals surface area contributed by atoms with E-state index in [2.05, 4.69) is 39.6 Å². The van der Waals surface area contributed by atoms with Crippen LogP contribution in [0.15, 0.2) is 51.4 Å². The van der Waals surface area contributed by atoms with Crippen LogP contribution in [0.25, 0.3) is 0 Å². The maximum absolute atomic E-state index is 11.2. The fourth-order valence-electron chi connectivity index (χ4n) is 1.74. The molecule has 0 amide bonds. The van der Waals surface area contributed by atoms with Crippen LogP contribution in [0.5, 0.6) is 0 Å². The Hall–Kier alpha value is -1.59. The van der Waals surface area contributed by atoms with Gasteiger partial charge in [-0.2, -0.15) is 0 Å². The van der Waals surface area contributed by atoms with Crippen LogP contribution in [-0.2, 0) is 6.54 Å². The highest BCUT2D eigenvalue weighted by Gasteiger charge is 2.19. The van der Waals surface area contributed by atoms with Crippen molar-refractivity contribution in [2.24, 2.45) is 0 Å². The molecule has 0 saturated heterocycles. The number of H-pyrrole nitrogens is 1. The molecule has 5 heteroatoms. The van der Waals surface area contributed by atoms with Crippen molar-refractivity contribution in [2.75, 3.05) is 0 Å². The smallest absolute Gasteiger partial charge is 0.251 e. The van der Waals surface area contributed by atoms with Gasteiger partial charge in [-0.25, -0.2) is 4.98 Å². The molecule has 1 fully saturated rings. The van der Waals surface area contributed by atoms with E-state index in [0.29, 0.717) is 5.16 Å². The van der Waals surface area contributed by atoms with Crippen molar-refractivity contribution in [1.29, 1.82) is 0 Å². The van der Waals surface area contributed by atoms with Crippen molar-refractivity contribution in [1.82, 2.24) is 15.3 Å². The Kier molecular flexibility index (Phi) is 3.66. The molecule has 0 unspecified atom stereocenters. The van der Waals surface area contributed by atoms with E-state index in [9.17, 15) is 4.79 Å². The Balaban J connectivity index is 1.63. The highest BCUT2D eigenvalue weighted by molar-refractivity contribution is 7.99. The number of aromatic amines is 1. The third kappa shape index (κ3) is 3.68. The third-order valence-corrected chi connectivity index (χ3v) is 3.87. The van der Waals surface area contributed by atoms with Crippen molar-refractivity contribution in [2.45, 2.75) is 35.5 Å². The molecule has 1 aromatic carbocycles. The Bertz CT molecular complexity index is 605. The first-order valence-corrected chi connectivity index (χ1v) is 7.17. The van der Waals surface area contributed by atoms with Gasteiger partial charge in [-0.15, -0.1) is 0 Å². The summed E-state index contributed by atoms with van der Waals surface area (Å²) in [6.45, 7) is 0.927. The largest absolute Gasteiger partial charge is 0.310 e. The molecule has 98 valence electrons. The average molecular weight is 273 g/mol. The van der Waals surface area contributed by atoms with Gasteiger partial charge >= 0.3 is 0 Å². The van der Waals surface area contributed by atoms with Crippen molar-refractivity contribution in [3.05, 3.63) is 52.4 Å². The van der Waals surface area contributed by atoms with Gasteiger partial charge in [0.1, 0.15) is 0 Å². The van der Waals surface area contributed by atoms with Crippen LogP contribution < -0.4 is 10.9 Å².